The van der Waals surface area contributed by atoms with Crippen LogP contribution in [0.5, 0.6) is 5.88 Å². The van der Waals surface area contributed by atoms with Crippen LogP contribution in [0.4, 0.5) is 14.7 Å². The standard InChI is InChI=1S/C28H34F2N6O5/c29-25(30)26-31-21-3-1-2-4-22(21)36(26)23-15-24(33-28(32-23)34-9-12-39-13-10-34)41-19-7-5-18(6-8-19)27(38)35-11-14-40-20(16-35)17-37/h1-4,15,18-20,25,37H,5-14,16-17H2. The number of anilines is 1. The molecule has 1 aliphatic carbocycles. The summed E-state index contributed by atoms with van der Waals surface area (Å²) in [5, 5.41) is 9.41. The Balaban J connectivity index is 1.23. The number of halogens is 2. The van der Waals surface area contributed by atoms with E-state index in [4.69, 9.17) is 14.2 Å². The number of rotatable bonds is 7. The highest BCUT2D eigenvalue weighted by Crippen LogP contribution is 2.32. The van der Waals surface area contributed by atoms with E-state index in [0.29, 0.717) is 94.5 Å². The highest BCUT2D eigenvalue weighted by Gasteiger charge is 2.33. The van der Waals surface area contributed by atoms with Crippen LogP contribution < -0.4 is 9.64 Å². The lowest BCUT2D eigenvalue weighted by atomic mass is 9.86. The van der Waals surface area contributed by atoms with Crippen molar-refractivity contribution in [3.63, 3.8) is 0 Å². The Labute approximate surface area is 236 Å². The van der Waals surface area contributed by atoms with Gasteiger partial charge in [-0.05, 0) is 37.8 Å². The van der Waals surface area contributed by atoms with Gasteiger partial charge in [0.25, 0.3) is 6.43 Å². The number of amides is 1. The minimum absolute atomic E-state index is 0.0932. The number of aliphatic hydroxyl groups excluding tert-OH is 1. The van der Waals surface area contributed by atoms with Gasteiger partial charge in [-0.25, -0.2) is 13.8 Å². The summed E-state index contributed by atoms with van der Waals surface area (Å²) in [4.78, 5) is 30.4. The number of para-hydroxylation sites is 2. The zero-order valence-electron chi connectivity index (χ0n) is 22.7. The van der Waals surface area contributed by atoms with Crippen molar-refractivity contribution in [1.82, 2.24) is 24.4 Å². The van der Waals surface area contributed by atoms with Gasteiger partial charge in [-0.15, -0.1) is 0 Å². The smallest absolute Gasteiger partial charge is 0.296 e. The lowest BCUT2D eigenvalue weighted by molar-refractivity contribution is -0.146. The molecule has 0 bridgehead atoms. The second-order valence-corrected chi connectivity index (χ2v) is 10.6. The molecule has 1 amide bonds. The summed E-state index contributed by atoms with van der Waals surface area (Å²) in [5.41, 5.74) is 0.969. The van der Waals surface area contributed by atoms with E-state index in [0.717, 1.165) is 0 Å². The third kappa shape index (κ3) is 5.97. The number of imidazole rings is 1. The quantitative estimate of drug-likeness (QED) is 0.456. The Bertz CT molecular complexity index is 1360. The summed E-state index contributed by atoms with van der Waals surface area (Å²) in [6, 6.07) is 8.55. The molecule has 6 rings (SSSR count). The third-order valence-electron chi connectivity index (χ3n) is 7.95. The molecule has 11 nitrogen and oxygen atoms in total. The molecule has 3 fully saturated rings. The number of hydrogen-bond donors (Lipinski definition) is 1. The van der Waals surface area contributed by atoms with Gasteiger partial charge in [0, 0.05) is 38.2 Å². The first-order valence-electron chi connectivity index (χ1n) is 14.2. The van der Waals surface area contributed by atoms with Gasteiger partial charge in [0.2, 0.25) is 17.7 Å². The first kappa shape index (κ1) is 27.7. The maximum Gasteiger partial charge on any atom is 0.296 e. The normalized spacial score (nSPS) is 23.8. The van der Waals surface area contributed by atoms with Gasteiger partial charge in [0.05, 0.1) is 43.6 Å². The Morgan fingerprint density at radius 2 is 1.83 bits per heavy atom. The molecule has 1 aromatic carbocycles. The Morgan fingerprint density at radius 1 is 1.05 bits per heavy atom. The zero-order valence-corrected chi connectivity index (χ0v) is 22.7. The average molecular weight is 573 g/mol. The van der Waals surface area contributed by atoms with E-state index in [1.807, 2.05) is 4.90 Å². The molecule has 3 aliphatic rings. The minimum atomic E-state index is -2.81. The number of ether oxygens (including phenoxy) is 3. The van der Waals surface area contributed by atoms with Crippen molar-refractivity contribution in [2.45, 2.75) is 44.3 Å². The van der Waals surface area contributed by atoms with Crippen molar-refractivity contribution in [2.24, 2.45) is 5.92 Å². The third-order valence-corrected chi connectivity index (χ3v) is 7.95. The van der Waals surface area contributed by atoms with E-state index in [1.54, 1.807) is 35.2 Å². The number of carbonyl (C=O) groups excluding carboxylic acids is 1. The molecule has 4 heterocycles. The molecule has 1 N–H and O–H groups in total. The summed E-state index contributed by atoms with van der Waals surface area (Å²) >= 11 is 0. The summed E-state index contributed by atoms with van der Waals surface area (Å²) in [7, 11) is 0. The predicted molar refractivity (Wildman–Crippen MR) is 144 cm³/mol. The van der Waals surface area contributed by atoms with E-state index in [1.165, 1.54) is 4.57 Å². The number of hydrogen-bond acceptors (Lipinski definition) is 9. The molecule has 2 aromatic heterocycles. The SMILES string of the molecule is O=C(C1CCC(Oc2cc(-n3c(C(F)F)nc4ccccc43)nc(N3CCOCC3)n2)CC1)N1CCOC(CO)C1. The summed E-state index contributed by atoms with van der Waals surface area (Å²) in [5.74, 6) is 0.528. The molecule has 0 spiro atoms. The van der Waals surface area contributed by atoms with Crippen molar-refractivity contribution in [3.8, 4) is 11.7 Å². The monoisotopic (exact) mass is 572 g/mol. The number of carbonyl (C=O) groups is 1. The molecular formula is C28H34F2N6O5. The van der Waals surface area contributed by atoms with E-state index in [2.05, 4.69) is 15.0 Å². The van der Waals surface area contributed by atoms with Crippen molar-refractivity contribution >= 4 is 22.9 Å². The Morgan fingerprint density at radius 3 is 2.59 bits per heavy atom. The van der Waals surface area contributed by atoms with Crippen molar-refractivity contribution in [2.75, 3.05) is 57.5 Å². The maximum absolute atomic E-state index is 14.1. The second kappa shape index (κ2) is 12.2. The molecule has 2 aliphatic heterocycles. The van der Waals surface area contributed by atoms with Crippen LogP contribution in [0.25, 0.3) is 16.9 Å². The molecule has 220 valence electrons. The fourth-order valence-electron chi connectivity index (χ4n) is 5.80. The molecule has 1 unspecified atom stereocenters. The average Bonchev–Trinajstić information content (AvgIpc) is 3.42. The number of alkyl halides is 2. The van der Waals surface area contributed by atoms with Gasteiger partial charge in [0.1, 0.15) is 11.9 Å². The topological polar surface area (TPSA) is 115 Å². The van der Waals surface area contributed by atoms with Crippen molar-refractivity contribution < 1.29 is 32.9 Å². The molecule has 2 saturated heterocycles. The number of nitrogens with zero attached hydrogens (tertiary/aromatic N) is 6. The Kier molecular flexibility index (Phi) is 8.26. The van der Waals surface area contributed by atoms with Crippen molar-refractivity contribution in [1.29, 1.82) is 0 Å². The van der Waals surface area contributed by atoms with Crippen LogP contribution in [0.15, 0.2) is 30.3 Å². The lowest BCUT2D eigenvalue weighted by Gasteiger charge is -2.36. The largest absolute Gasteiger partial charge is 0.474 e. The van der Waals surface area contributed by atoms with E-state index < -0.39 is 12.2 Å². The minimum Gasteiger partial charge on any atom is -0.474 e. The Hall–Kier alpha value is -3.42. The van der Waals surface area contributed by atoms with Crippen LogP contribution in [-0.2, 0) is 14.3 Å². The second-order valence-electron chi connectivity index (χ2n) is 10.6. The molecule has 1 atom stereocenters. The molecular weight excluding hydrogens is 538 g/mol. The van der Waals surface area contributed by atoms with Crippen LogP contribution >= 0.6 is 0 Å². The van der Waals surface area contributed by atoms with Gasteiger partial charge in [-0.1, -0.05) is 12.1 Å². The van der Waals surface area contributed by atoms with Gasteiger partial charge < -0.3 is 29.1 Å². The molecule has 1 saturated carbocycles. The highest BCUT2D eigenvalue weighted by molar-refractivity contribution is 5.79. The van der Waals surface area contributed by atoms with Gasteiger partial charge in [-0.3, -0.25) is 9.36 Å². The molecule has 3 aromatic rings. The van der Waals surface area contributed by atoms with Gasteiger partial charge in [-0.2, -0.15) is 9.97 Å². The summed E-state index contributed by atoms with van der Waals surface area (Å²) in [6.07, 6.45) is -0.664. The van der Waals surface area contributed by atoms with Crippen LogP contribution in [0.2, 0.25) is 0 Å². The molecule has 41 heavy (non-hydrogen) atoms. The number of benzene rings is 1. The first-order valence-corrected chi connectivity index (χ1v) is 14.2. The molecule has 13 heteroatoms. The lowest BCUT2D eigenvalue weighted by Crippen LogP contribution is -2.49. The zero-order chi connectivity index (χ0) is 28.3. The summed E-state index contributed by atoms with van der Waals surface area (Å²) < 4.78 is 46.9. The number of fused-ring (bicyclic) bond motifs is 1. The van der Waals surface area contributed by atoms with Gasteiger partial charge >= 0.3 is 0 Å². The van der Waals surface area contributed by atoms with E-state index >= 15 is 0 Å². The predicted octanol–water partition coefficient (Wildman–Crippen LogP) is 2.75. The van der Waals surface area contributed by atoms with Crippen LogP contribution in [0.3, 0.4) is 0 Å². The van der Waals surface area contributed by atoms with Crippen molar-refractivity contribution in [3.05, 3.63) is 36.2 Å². The fourth-order valence-corrected chi connectivity index (χ4v) is 5.80. The first-order chi connectivity index (χ1) is 20.0. The number of aliphatic hydroxyl groups is 1. The number of morpholine rings is 2. The highest BCUT2D eigenvalue weighted by atomic mass is 19.3. The van der Waals surface area contributed by atoms with Crippen LogP contribution in [-0.4, -0.2) is 100 Å². The van der Waals surface area contributed by atoms with Gasteiger partial charge in [0.15, 0.2) is 5.82 Å². The van der Waals surface area contributed by atoms with E-state index in [9.17, 15) is 18.7 Å². The summed E-state index contributed by atoms with van der Waals surface area (Å²) in [6.45, 7) is 3.43. The maximum atomic E-state index is 14.1. The molecule has 0 radical (unpaired) electrons. The fraction of sp³-hybridized carbons (Fsp3) is 0.571. The number of aromatic nitrogens is 4. The van der Waals surface area contributed by atoms with E-state index in [-0.39, 0.29) is 36.5 Å². The van der Waals surface area contributed by atoms with Crippen LogP contribution in [0, 0.1) is 5.92 Å². The van der Waals surface area contributed by atoms with Crippen LogP contribution in [0.1, 0.15) is 37.9 Å².